The van der Waals surface area contributed by atoms with Gasteiger partial charge in [0.25, 0.3) is 0 Å². The molecule has 108 valence electrons. The fraction of sp³-hybridized carbons (Fsp3) is 1.00. The normalized spacial score (nSPS) is 25.3. The third-order valence-electron chi connectivity index (χ3n) is 3.92. The van der Waals surface area contributed by atoms with Crippen LogP contribution < -0.4 is 5.32 Å². The predicted molar refractivity (Wildman–Crippen MR) is 79.0 cm³/mol. The number of unbranched alkanes of at least 4 members (excludes halogenated alkanes) is 1. The van der Waals surface area contributed by atoms with E-state index in [0.29, 0.717) is 6.10 Å². The molecule has 2 atom stereocenters. The summed E-state index contributed by atoms with van der Waals surface area (Å²) in [6.45, 7) is 11.0. The van der Waals surface area contributed by atoms with E-state index in [1.165, 1.54) is 44.9 Å². The Bertz CT molecular complexity index is 210. The van der Waals surface area contributed by atoms with Crippen molar-refractivity contribution in [2.24, 2.45) is 5.92 Å². The van der Waals surface area contributed by atoms with Crippen molar-refractivity contribution < 1.29 is 4.74 Å². The minimum absolute atomic E-state index is 0.248. The largest absolute Gasteiger partial charge is 0.378 e. The topological polar surface area (TPSA) is 21.3 Å². The van der Waals surface area contributed by atoms with Crippen LogP contribution in [0.3, 0.4) is 0 Å². The van der Waals surface area contributed by atoms with Crippen molar-refractivity contribution in [3.8, 4) is 0 Å². The molecule has 1 aliphatic carbocycles. The molecule has 2 unspecified atom stereocenters. The summed E-state index contributed by atoms with van der Waals surface area (Å²) in [5, 5.41) is 3.52. The van der Waals surface area contributed by atoms with Gasteiger partial charge in [0.1, 0.15) is 0 Å². The zero-order valence-corrected chi connectivity index (χ0v) is 12.9. The highest BCUT2D eigenvalue weighted by atomic mass is 16.5. The Kier molecular flexibility index (Phi) is 7.25. The molecule has 0 heterocycles. The summed E-state index contributed by atoms with van der Waals surface area (Å²) >= 11 is 0. The first-order valence-electron chi connectivity index (χ1n) is 7.89. The van der Waals surface area contributed by atoms with Crippen molar-refractivity contribution in [3.05, 3.63) is 0 Å². The van der Waals surface area contributed by atoms with Crippen molar-refractivity contribution in [2.75, 3.05) is 13.2 Å². The number of hydrogen-bond donors (Lipinski definition) is 1. The molecule has 1 N–H and O–H groups in total. The summed E-state index contributed by atoms with van der Waals surface area (Å²) in [4.78, 5) is 0. The summed E-state index contributed by atoms with van der Waals surface area (Å²) in [6, 6.07) is 0. The molecule has 0 aromatic rings. The fourth-order valence-electron chi connectivity index (χ4n) is 2.79. The van der Waals surface area contributed by atoms with Gasteiger partial charge < -0.3 is 10.1 Å². The van der Waals surface area contributed by atoms with Gasteiger partial charge in [0.05, 0.1) is 6.10 Å². The van der Waals surface area contributed by atoms with Gasteiger partial charge in [0.15, 0.2) is 0 Å². The van der Waals surface area contributed by atoms with Crippen molar-refractivity contribution in [3.63, 3.8) is 0 Å². The molecule has 0 aromatic carbocycles. The van der Waals surface area contributed by atoms with Crippen molar-refractivity contribution in [2.45, 2.75) is 84.3 Å². The molecule has 0 radical (unpaired) electrons. The quantitative estimate of drug-likeness (QED) is 0.690. The second-order valence-electron chi connectivity index (χ2n) is 6.75. The van der Waals surface area contributed by atoms with Gasteiger partial charge in [-0.05, 0) is 58.9 Å². The van der Waals surface area contributed by atoms with E-state index >= 15 is 0 Å². The van der Waals surface area contributed by atoms with Crippen LogP contribution in [0.25, 0.3) is 0 Å². The Morgan fingerprint density at radius 1 is 1.11 bits per heavy atom. The molecule has 0 saturated heterocycles. The molecule has 0 aliphatic heterocycles. The number of hydrogen-bond acceptors (Lipinski definition) is 2. The van der Waals surface area contributed by atoms with Gasteiger partial charge in [-0.1, -0.05) is 26.2 Å². The first-order valence-corrected chi connectivity index (χ1v) is 7.89. The van der Waals surface area contributed by atoms with Gasteiger partial charge in [-0.3, -0.25) is 0 Å². The molecule has 0 aromatic heterocycles. The summed E-state index contributed by atoms with van der Waals surface area (Å²) in [6.07, 6.45) is 9.71. The van der Waals surface area contributed by atoms with E-state index in [1.54, 1.807) is 0 Å². The standard InChI is InChI=1S/C16H33NO/c1-5-14-10-6-7-11-15(14)18-13-9-8-12-17-16(2,3)4/h14-15,17H,5-13H2,1-4H3. The third kappa shape index (κ3) is 6.75. The zero-order chi connectivity index (χ0) is 13.4. The lowest BCUT2D eigenvalue weighted by atomic mass is 9.85. The SMILES string of the molecule is CCC1CCCCC1OCCCCNC(C)(C)C. The van der Waals surface area contributed by atoms with Crippen LogP contribution in [-0.4, -0.2) is 24.8 Å². The average Bonchev–Trinajstić information content (AvgIpc) is 2.32. The molecular weight excluding hydrogens is 222 g/mol. The highest BCUT2D eigenvalue weighted by Gasteiger charge is 2.23. The van der Waals surface area contributed by atoms with Crippen LogP contribution in [0.1, 0.15) is 72.6 Å². The molecule has 2 heteroatoms. The van der Waals surface area contributed by atoms with E-state index < -0.39 is 0 Å². The van der Waals surface area contributed by atoms with Crippen molar-refractivity contribution in [1.29, 1.82) is 0 Å². The number of ether oxygens (including phenoxy) is 1. The first kappa shape index (κ1) is 16.0. The lowest BCUT2D eigenvalue weighted by molar-refractivity contribution is -0.0134. The smallest absolute Gasteiger partial charge is 0.0603 e. The first-order chi connectivity index (χ1) is 8.53. The highest BCUT2D eigenvalue weighted by molar-refractivity contribution is 4.75. The van der Waals surface area contributed by atoms with Crippen molar-refractivity contribution >= 4 is 0 Å². The van der Waals surface area contributed by atoms with E-state index in [9.17, 15) is 0 Å². The lowest BCUT2D eigenvalue weighted by Crippen LogP contribution is -2.36. The molecule has 0 spiro atoms. The van der Waals surface area contributed by atoms with E-state index in [4.69, 9.17) is 4.74 Å². The Balaban J connectivity index is 2.03. The van der Waals surface area contributed by atoms with Crippen LogP contribution in [0.2, 0.25) is 0 Å². The molecule has 1 rings (SSSR count). The van der Waals surface area contributed by atoms with Gasteiger partial charge >= 0.3 is 0 Å². The maximum absolute atomic E-state index is 6.09. The van der Waals surface area contributed by atoms with Gasteiger partial charge in [0.2, 0.25) is 0 Å². The van der Waals surface area contributed by atoms with Crippen LogP contribution in [0, 0.1) is 5.92 Å². The number of rotatable bonds is 7. The minimum atomic E-state index is 0.248. The molecule has 0 amide bonds. The number of nitrogens with one attached hydrogen (secondary N) is 1. The van der Waals surface area contributed by atoms with Gasteiger partial charge in [-0.25, -0.2) is 0 Å². The summed E-state index contributed by atoms with van der Waals surface area (Å²) < 4.78 is 6.09. The summed E-state index contributed by atoms with van der Waals surface area (Å²) in [5.41, 5.74) is 0.248. The Morgan fingerprint density at radius 2 is 1.83 bits per heavy atom. The molecule has 1 aliphatic rings. The maximum atomic E-state index is 6.09. The van der Waals surface area contributed by atoms with Crippen LogP contribution in [0.4, 0.5) is 0 Å². The zero-order valence-electron chi connectivity index (χ0n) is 12.9. The summed E-state index contributed by atoms with van der Waals surface area (Å²) in [7, 11) is 0. The molecular formula is C16H33NO. The van der Waals surface area contributed by atoms with Gasteiger partial charge in [-0.15, -0.1) is 0 Å². The second-order valence-corrected chi connectivity index (χ2v) is 6.75. The van der Waals surface area contributed by atoms with Crippen LogP contribution in [-0.2, 0) is 4.74 Å². The fourth-order valence-corrected chi connectivity index (χ4v) is 2.79. The molecule has 18 heavy (non-hydrogen) atoms. The predicted octanol–water partition coefficient (Wildman–Crippen LogP) is 4.14. The monoisotopic (exact) mass is 255 g/mol. The molecule has 1 fully saturated rings. The molecule has 0 bridgehead atoms. The van der Waals surface area contributed by atoms with E-state index in [-0.39, 0.29) is 5.54 Å². The highest BCUT2D eigenvalue weighted by Crippen LogP contribution is 2.29. The van der Waals surface area contributed by atoms with E-state index in [2.05, 4.69) is 33.0 Å². The Morgan fingerprint density at radius 3 is 2.50 bits per heavy atom. The Labute approximate surface area is 114 Å². The van der Waals surface area contributed by atoms with Gasteiger partial charge in [-0.2, -0.15) is 0 Å². The second kappa shape index (κ2) is 8.16. The van der Waals surface area contributed by atoms with Crippen molar-refractivity contribution in [1.82, 2.24) is 5.32 Å². The minimum Gasteiger partial charge on any atom is -0.378 e. The molecule has 1 saturated carbocycles. The Hall–Kier alpha value is -0.0800. The van der Waals surface area contributed by atoms with Crippen LogP contribution >= 0.6 is 0 Å². The van der Waals surface area contributed by atoms with Gasteiger partial charge in [0, 0.05) is 12.1 Å². The average molecular weight is 255 g/mol. The van der Waals surface area contributed by atoms with Crippen LogP contribution in [0.5, 0.6) is 0 Å². The summed E-state index contributed by atoms with van der Waals surface area (Å²) in [5.74, 6) is 0.825. The lowest BCUT2D eigenvalue weighted by Gasteiger charge is -2.30. The van der Waals surface area contributed by atoms with E-state index in [1.807, 2.05) is 0 Å². The maximum Gasteiger partial charge on any atom is 0.0603 e. The van der Waals surface area contributed by atoms with E-state index in [0.717, 1.165) is 19.1 Å². The van der Waals surface area contributed by atoms with Crippen LogP contribution in [0.15, 0.2) is 0 Å². The third-order valence-corrected chi connectivity index (χ3v) is 3.92. The molecule has 2 nitrogen and oxygen atoms in total.